The molecule has 2 heterocycles. The highest BCUT2D eigenvalue weighted by Crippen LogP contribution is 2.57. The third-order valence-electron chi connectivity index (χ3n) is 4.64. The zero-order chi connectivity index (χ0) is 19.8. The standard InChI is InChI=1S/C15H22N5O6P/c1-15(2,27(22,23)26-14(21)24-3)25-10-5-4-9(6-10)20-8-19-11-12(16)17-7-18-13(11)20/h7-10H,4-6H2,1-3H3,(H,22,23)(H2,16,17,18)/t9-,10+/m0/s1. The topological polar surface area (TPSA) is 152 Å². The SMILES string of the molecule is COC(=O)OP(=O)(O)C(C)(C)O[C@@H]1CC[C@H](n2cnc3c(N)ncnc32)C1. The summed E-state index contributed by atoms with van der Waals surface area (Å²) < 4.78 is 28.9. The van der Waals surface area contributed by atoms with E-state index in [9.17, 15) is 14.3 Å². The number of imidazole rings is 1. The van der Waals surface area contributed by atoms with Crippen LogP contribution in [0.3, 0.4) is 0 Å². The molecule has 27 heavy (non-hydrogen) atoms. The third-order valence-corrected chi connectivity index (χ3v) is 6.50. The number of aromatic nitrogens is 4. The minimum Gasteiger partial charge on any atom is -0.437 e. The van der Waals surface area contributed by atoms with Gasteiger partial charge in [-0.05, 0) is 33.1 Å². The predicted octanol–water partition coefficient (Wildman–Crippen LogP) is 2.22. The zero-order valence-electron chi connectivity index (χ0n) is 15.2. The number of methoxy groups -OCH3 is 1. The highest BCUT2D eigenvalue weighted by atomic mass is 31.2. The molecule has 0 saturated heterocycles. The van der Waals surface area contributed by atoms with E-state index in [4.69, 9.17) is 10.5 Å². The van der Waals surface area contributed by atoms with Crippen LogP contribution < -0.4 is 5.73 Å². The molecule has 0 bridgehead atoms. The molecule has 148 valence electrons. The summed E-state index contributed by atoms with van der Waals surface area (Å²) in [5.41, 5.74) is 6.98. The van der Waals surface area contributed by atoms with E-state index in [1.165, 1.54) is 20.2 Å². The first-order valence-electron chi connectivity index (χ1n) is 8.36. The van der Waals surface area contributed by atoms with Gasteiger partial charge in [0.2, 0.25) is 0 Å². The summed E-state index contributed by atoms with van der Waals surface area (Å²) >= 11 is 0. The lowest BCUT2D eigenvalue weighted by Crippen LogP contribution is -2.31. The molecule has 2 aromatic rings. The molecule has 0 spiro atoms. The van der Waals surface area contributed by atoms with Gasteiger partial charge in [-0.25, -0.2) is 24.3 Å². The molecule has 0 amide bonds. The van der Waals surface area contributed by atoms with Crippen molar-refractivity contribution in [2.75, 3.05) is 12.8 Å². The van der Waals surface area contributed by atoms with Gasteiger partial charge in [-0.15, -0.1) is 0 Å². The number of nitrogens with two attached hydrogens (primary N) is 1. The molecule has 3 N–H and O–H groups in total. The first kappa shape index (κ1) is 19.5. The molecule has 12 heteroatoms. The lowest BCUT2D eigenvalue weighted by Gasteiger charge is -2.31. The first-order chi connectivity index (χ1) is 12.6. The van der Waals surface area contributed by atoms with Crippen LogP contribution in [-0.4, -0.2) is 49.1 Å². The molecule has 1 unspecified atom stereocenters. The van der Waals surface area contributed by atoms with E-state index < -0.39 is 19.1 Å². The van der Waals surface area contributed by atoms with Crippen LogP contribution in [0, 0.1) is 0 Å². The van der Waals surface area contributed by atoms with E-state index in [1.54, 1.807) is 6.33 Å². The number of carbonyl (C=O) groups is 1. The molecular formula is C15H22N5O6P. The predicted molar refractivity (Wildman–Crippen MR) is 94.9 cm³/mol. The van der Waals surface area contributed by atoms with Gasteiger partial charge in [-0.3, -0.25) is 0 Å². The lowest BCUT2D eigenvalue weighted by molar-refractivity contribution is -0.0341. The van der Waals surface area contributed by atoms with Crippen molar-refractivity contribution in [2.45, 2.75) is 50.6 Å². The molecule has 3 rings (SSSR count). The van der Waals surface area contributed by atoms with Crippen LogP contribution in [-0.2, 0) is 18.6 Å². The van der Waals surface area contributed by atoms with Gasteiger partial charge in [-0.2, -0.15) is 0 Å². The Balaban J connectivity index is 1.71. The van der Waals surface area contributed by atoms with Gasteiger partial charge in [0.15, 0.2) is 16.8 Å². The zero-order valence-corrected chi connectivity index (χ0v) is 16.1. The maximum Gasteiger partial charge on any atom is 0.514 e. The molecule has 2 aromatic heterocycles. The fraction of sp³-hybridized carbons (Fsp3) is 0.600. The summed E-state index contributed by atoms with van der Waals surface area (Å²) in [4.78, 5) is 33.7. The number of fused-ring (bicyclic) bond motifs is 1. The molecule has 1 fully saturated rings. The summed E-state index contributed by atoms with van der Waals surface area (Å²) in [6.07, 6.45) is 3.51. The van der Waals surface area contributed by atoms with Gasteiger partial charge < -0.3 is 29.2 Å². The van der Waals surface area contributed by atoms with Crippen molar-refractivity contribution in [2.24, 2.45) is 0 Å². The Morgan fingerprint density at radius 2 is 2.11 bits per heavy atom. The normalized spacial score (nSPS) is 22.5. The quantitative estimate of drug-likeness (QED) is 0.565. The Hall–Kier alpha value is -2.23. The smallest absolute Gasteiger partial charge is 0.437 e. The monoisotopic (exact) mass is 399 g/mol. The molecule has 1 aliphatic carbocycles. The van der Waals surface area contributed by atoms with E-state index in [1.807, 2.05) is 4.57 Å². The molecule has 3 atom stereocenters. The Kier molecular flexibility index (Phi) is 5.11. The van der Waals surface area contributed by atoms with Gasteiger partial charge in [0.05, 0.1) is 19.5 Å². The number of hydrogen-bond acceptors (Lipinski definition) is 9. The Morgan fingerprint density at radius 3 is 2.81 bits per heavy atom. The Labute approximate surface area is 155 Å². The van der Waals surface area contributed by atoms with Gasteiger partial charge in [-0.1, -0.05) is 0 Å². The summed E-state index contributed by atoms with van der Waals surface area (Å²) in [6.45, 7) is 2.81. The number of rotatable bonds is 5. The van der Waals surface area contributed by atoms with E-state index in [2.05, 4.69) is 24.2 Å². The second-order valence-corrected chi connectivity index (χ2v) is 9.10. The minimum absolute atomic E-state index is 0.0460. The number of anilines is 1. The van der Waals surface area contributed by atoms with Crippen LogP contribution in [0.1, 0.15) is 39.2 Å². The number of ether oxygens (including phenoxy) is 2. The van der Waals surface area contributed by atoms with Gasteiger partial charge in [0.25, 0.3) is 0 Å². The van der Waals surface area contributed by atoms with Crippen LogP contribution in [0.5, 0.6) is 0 Å². The van der Waals surface area contributed by atoms with Crippen LogP contribution in [0.4, 0.5) is 10.6 Å². The van der Waals surface area contributed by atoms with Crippen molar-refractivity contribution in [3.63, 3.8) is 0 Å². The summed E-state index contributed by atoms with van der Waals surface area (Å²) in [5.74, 6) is 0.312. The van der Waals surface area contributed by atoms with Gasteiger partial charge in [0, 0.05) is 6.04 Å². The largest absolute Gasteiger partial charge is 0.514 e. The average molecular weight is 399 g/mol. The van der Waals surface area contributed by atoms with E-state index >= 15 is 0 Å². The highest BCUT2D eigenvalue weighted by Gasteiger charge is 2.47. The van der Waals surface area contributed by atoms with Crippen LogP contribution in [0.25, 0.3) is 11.2 Å². The second kappa shape index (κ2) is 7.06. The molecular weight excluding hydrogens is 377 g/mol. The van der Waals surface area contributed by atoms with Crippen molar-refractivity contribution >= 4 is 30.7 Å². The van der Waals surface area contributed by atoms with E-state index in [0.29, 0.717) is 29.8 Å². The number of nitrogens with zero attached hydrogens (tertiary/aromatic N) is 4. The van der Waals surface area contributed by atoms with Crippen molar-refractivity contribution in [1.29, 1.82) is 0 Å². The van der Waals surface area contributed by atoms with Crippen molar-refractivity contribution in [1.82, 2.24) is 19.5 Å². The number of nitrogen functional groups attached to an aromatic ring is 1. The van der Waals surface area contributed by atoms with Crippen LogP contribution in [0.2, 0.25) is 0 Å². The lowest BCUT2D eigenvalue weighted by atomic mass is 10.2. The summed E-state index contributed by atoms with van der Waals surface area (Å²) in [5, 5.41) is -1.58. The third kappa shape index (κ3) is 3.76. The molecule has 1 saturated carbocycles. The fourth-order valence-electron chi connectivity index (χ4n) is 3.14. The Bertz CT molecular complexity index is 900. The first-order valence-corrected chi connectivity index (χ1v) is 9.93. The molecule has 0 aliphatic heterocycles. The van der Waals surface area contributed by atoms with Crippen LogP contribution >= 0.6 is 7.60 Å². The highest BCUT2D eigenvalue weighted by molar-refractivity contribution is 7.54. The van der Waals surface area contributed by atoms with Crippen molar-refractivity contribution < 1.29 is 28.3 Å². The van der Waals surface area contributed by atoms with E-state index in [-0.39, 0.29) is 12.1 Å². The summed E-state index contributed by atoms with van der Waals surface area (Å²) in [7, 11) is -3.34. The van der Waals surface area contributed by atoms with E-state index in [0.717, 1.165) is 13.5 Å². The van der Waals surface area contributed by atoms with Gasteiger partial charge in [0.1, 0.15) is 11.8 Å². The fourth-order valence-corrected chi connectivity index (χ4v) is 3.92. The minimum atomic E-state index is -4.40. The van der Waals surface area contributed by atoms with Crippen LogP contribution in [0.15, 0.2) is 12.7 Å². The maximum atomic E-state index is 12.4. The molecule has 1 aliphatic rings. The molecule has 0 aromatic carbocycles. The van der Waals surface area contributed by atoms with Crippen molar-refractivity contribution in [3.8, 4) is 0 Å². The number of carbonyl (C=O) groups excluding carboxylic acids is 1. The summed E-state index contributed by atoms with van der Waals surface area (Å²) in [6, 6.07) is 0.0460. The second-order valence-electron chi connectivity index (χ2n) is 6.80. The molecule has 11 nitrogen and oxygen atoms in total. The van der Waals surface area contributed by atoms with Gasteiger partial charge >= 0.3 is 13.8 Å². The maximum absolute atomic E-state index is 12.4. The average Bonchev–Trinajstić information content (AvgIpc) is 3.21. The molecule has 0 radical (unpaired) electrons. The number of hydrogen-bond donors (Lipinski definition) is 2. The Morgan fingerprint density at radius 1 is 1.37 bits per heavy atom. The van der Waals surface area contributed by atoms with Crippen molar-refractivity contribution in [3.05, 3.63) is 12.7 Å².